The Bertz CT molecular complexity index is 299. The number of hydrogen-bond donors (Lipinski definition) is 2. The van der Waals surface area contributed by atoms with Gasteiger partial charge in [0.15, 0.2) is 5.82 Å². The van der Waals surface area contributed by atoms with Gasteiger partial charge in [0.1, 0.15) is 0 Å². The Morgan fingerprint density at radius 1 is 1.50 bits per heavy atom. The zero-order valence-corrected chi connectivity index (χ0v) is 9.17. The molecule has 0 atom stereocenters. The Morgan fingerprint density at radius 3 is 2.71 bits per heavy atom. The van der Waals surface area contributed by atoms with Crippen molar-refractivity contribution in [2.75, 3.05) is 11.1 Å². The normalized spacial score (nSPS) is 10.6. The van der Waals surface area contributed by atoms with Gasteiger partial charge < -0.3 is 11.1 Å². The number of hydrogen-bond acceptors (Lipinski definition) is 4. The second-order valence-corrected chi connectivity index (χ2v) is 3.44. The highest BCUT2D eigenvalue weighted by atomic mass is 35.5. The molecule has 0 unspecified atom stereocenters. The molecule has 5 heteroatoms. The number of nitrogen functional groups attached to an aromatic ring is 1. The van der Waals surface area contributed by atoms with Gasteiger partial charge in [-0.15, -0.1) is 0 Å². The van der Waals surface area contributed by atoms with Crippen molar-refractivity contribution in [2.24, 2.45) is 0 Å². The van der Waals surface area contributed by atoms with Gasteiger partial charge in [0.05, 0.1) is 11.9 Å². The van der Waals surface area contributed by atoms with Crippen molar-refractivity contribution in [1.82, 2.24) is 9.97 Å². The van der Waals surface area contributed by atoms with Crippen LogP contribution in [-0.2, 0) is 0 Å². The fourth-order valence-electron chi connectivity index (χ4n) is 1.17. The van der Waals surface area contributed by atoms with Crippen molar-refractivity contribution in [3.8, 4) is 0 Å². The highest BCUT2D eigenvalue weighted by Gasteiger charge is 2.07. The number of aromatic nitrogens is 2. The fraction of sp³-hybridized carbons (Fsp3) is 0.556. The maximum absolute atomic E-state index is 5.70. The van der Waals surface area contributed by atoms with Crippen LogP contribution in [0.2, 0.25) is 5.28 Å². The molecule has 1 heterocycles. The molecule has 0 amide bonds. The van der Waals surface area contributed by atoms with E-state index in [-0.39, 0.29) is 5.28 Å². The van der Waals surface area contributed by atoms with Crippen LogP contribution >= 0.6 is 11.6 Å². The molecule has 14 heavy (non-hydrogen) atoms. The van der Waals surface area contributed by atoms with E-state index in [1.165, 1.54) is 6.20 Å². The van der Waals surface area contributed by atoms with E-state index in [1.807, 2.05) is 0 Å². The predicted molar refractivity (Wildman–Crippen MR) is 59.4 cm³/mol. The van der Waals surface area contributed by atoms with E-state index in [1.54, 1.807) is 0 Å². The van der Waals surface area contributed by atoms with Crippen molar-refractivity contribution >= 4 is 23.1 Å². The van der Waals surface area contributed by atoms with Gasteiger partial charge in [-0.05, 0) is 24.4 Å². The minimum Gasteiger partial charge on any atom is -0.394 e. The van der Waals surface area contributed by atoms with Crippen LogP contribution in [0.15, 0.2) is 6.20 Å². The Morgan fingerprint density at radius 2 is 2.14 bits per heavy atom. The molecule has 0 radical (unpaired) electrons. The summed E-state index contributed by atoms with van der Waals surface area (Å²) in [5.74, 6) is 0.624. The van der Waals surface area contributed by atoms with E-state index < -0.39 is 0 Å². The molecule has 4 nitrogen and oxygen atoms in total. The Hall–Kier alpha value is -1.03. The maximum atomic E-state index is 5.70. The van der Waals surface area contributed by atoms with E-state index in [2.05, 4.69) is 29.1 Å². The third-order valence-corrected chi connectivity index (χ3v) is 2.30. The monoisotopic (exact) mass is 214 g/mol. The first kappa shape index (κ1) is 11.0. The van der Waals surface area contributed by atoms with Gasteiger partial charge in [0, 0.05) is 6.04 Å². The fourth-order valence-corrected chi connectivity index (χ4v) is 1.30. The minimum absolute atomic E-state index is 0.215. The van der Waals surface area contributed by atoms with Crippen LogP contribution in [0.4, 0.5) is 11.5 Å². The third kappa shape index (κ3) is 2.73. The van der Waals surface area contributed by atoms with Gasteiger partial charge in [-0.25, -0.2) is 4.98 Å². The molecule has 1 aromatic heterocycles. The van der Waals surface area contributed by atoms with E-state index in [4.69, 9.17) is 17.3 Å². The second-order valence-electron chi connectivity index (χ2n) is 3.10. The predicted octanol–water partition coefficient (Wildman–Crippen LogP) is 2.31. The number of anilines is 2. The Labute approximate surface area is 88.9 Å². The summed E-state index contributed by atoms with van der Waals surface area (Å²) in [5.41, 5.74) is 6.23. The lowest BCUT2D eigenvalue weighted by molar-refractivity contribution is 0.668. The van der Waals surface area contributed by atoms with Crippen LogP contribution < -0.4 is 11.1 Å². The molecule has 3 N–H and O–H groups in total. The molecular weight excluding hydrogens is 200 g/mol. The molecule has 0 fully saturated rings. The van der Waals surface area contributed by atoms with Crippen LogP contribution in [0.5, 0.6) is 0 Å². The first-order chi connectivity index (χ1) is 6.67. The minimum atomic E-state index is 0.215. The van der Waals surface area contributed by atoms with Gasteiger partial charge in [-0.3, -0.25) is 0 Å². The molecule has 0 spiro atoms. The summed E-state index contributed by atoms with van der Waals surface area (Å²) in [4.78, 5) is 7.81. The van der Waals surface area contributed by atoms with Crippen molar-refractivity contribution in [1.29, 1.82) is 0 Å². The highest BCUT2D eigenvalue weighted by Crippen LogP contribution is 2.18. The third-order valence-electron chi connectivity index (χ3n) is 2.11. The van der Waals surface area contributed by atoms with Crippen LogP contribution in [-0.4, -0.2) is 16.0 Å². The number of nitrogens with one attached hydrogen (secondary N) is 1. The topological polar surface area (TPSA) is 63.8 Å². The van der Waals surface area contributed by atoms with Crippen molar-refractivity contribution in [3.05, 3.63) is 11.5 Å². The molecule has 1 rings (SSSR count). The average Bonchev–Trinajstić information content (AvgIpc) is 2.19. The zero-order valence-electron chi connectivity index (χ0n) is 8.42. The lowest BCUT2D eigenvalue weighted by Gasteiger charge is -2.16. The summed E-state index contributed by atoms with van der Waals surface area (Å²) in [6, 6.07) is 0.378. The Balaban J connectivity index is 2.79. The lowest BCUT2D eigenvalue weighted by Crippen LogP contribution is -2.19. The van der Waals surface area contributed by atoms with Crippen LogP contribution in [0.1, 0.15) is 26.7 Å². The number of nitrogens with zero attached hydrogens (tertiary/aromatic N) is 2. The number of rotatable bonds is 4. The standard InChI is InChI=1S/C9H15ClN4/c1-3-6(4-2)13-8-7(11)5-12-9(10)14-8/h5-6H,3-4,11H2,1-2H3,(H,12,13,14). The van der Waals surface area contributed by atoms with Gasteiger partial charge in [-0.2, -0.15) is 4.98 Å². The molecule has 1 aromatic rings. The summed E-state index contributed by atoms with van der Waals surface area (Å²) in [5, 5.41) is 3.44. The van der Waals surface area contributed by atoms with Crippen molar-refractivity contribution in [2.45, 2.75) is 32.7 Å². The summed E-state index contributed by atoms with van der Waals surface area (Å²) >= 11 is 5.67. The molecule has 0 saturated heterocycles. The van der Waals surface area contributed by atoms with E-state index in [0.29, 0.717) is 17.5 Å². The molecule has 78 valence electrons. The van der Waals surface area contributed by atoms with E-state index in [0.717, 1.165) is 12.8 Å². The Kier molecular flexibility index (Phi) is 3.95. The molecule has 0 aromatic carbocycles. The van der Waals surface area contributed by atoms with E-state index in [9.17, 15) is 0 Å². The molecule has 0 aliphatic rings. The van der Waals surface area contributed by atoms with Gasteiger partial charge >= 0.3 is 0 Å². The van der Waals surface area contributed by atoms with Gasteiger partial charge in [-0.1, -0.05) is 13.8 Å². The molecule has 0 bridgehead atoms. The van der Waals surface area contributed by atoms with Crippen LogP contribution in [0.25, 0.3) is 0 Å². The van der Waals surface area contributed by atoms with Gasteiger partial charge in [0.2, 0.25) is 5.28 Å². The number of halogens is 1. The molecular formula is C9H15ClN4. The smallest absolute Gasteiger partial charge is 0.224 e. The molecule has 0 aliphatic heterocycles. The highest BCUT2D eigenvalue weighted by molar-refractivity contribution is 6.28. The molecule has 0 saturated carbocycles. The quantitative estimate of drug-likeness (QED) is 0.755. The summed E-state index contributed by atoms with van der Waals surface area (Å²) in [7, 11) is 0. The van der Waals surface area contributed by atoms with Gasteiger partial charge in [0.25, 0.3) is 0 Å². The lowest BCUT2D eigenvalue weighted by atomic mass is 10.2. The van der Waals surface area contributed by atoms with Crippen molar-refractivity contribution < 1.29 is 0 Å². The van der Waals surface area contributed by atoms with Crippen LogP contribution in [0.3, 0.4) is 0 Å². The zero-order chi connectivity index (χ0) is 10.6. The van der Waals surface area contributed by atoms with Crippen LogP contribution in [0, 0.1) is 0 Å². The largest absolute Gasteiger partial charge is 0.394 e. The first-order valence-electron chi connectivity index (χ1n) is 4.71. The summed E-state index contributed by atoms with van der Waals surface area (Å²) < 4.78 is 0. The summed E-state index contributed by atoms with van der Waals surface area (Å²) in [6.07, 6.45) is 3.56. The second kappa shape index (κ2) is 5.00. The maximum Gasteiger partial charge on any atom is 0.224 e. The average molecular weight is 215 g/mol. The van der Waals surface area contributed by atoms with E-state index >= 15 is 0 Å². The SMILES string of the molecule is CCC(CC)Nc1nc(Cl)ncc1N. The molecule has 0 aliphatic carbocycles. The summed E-state index contributed by atoms with van der Waals surface area (Å²) in [6.45, 7) is 4.22. The van der Waals surface area contributed by atoms with Crippen molar-refractivity contribution in [3.63, 3.8) is 0 Å². The number of nitrogens with two attached hydrogens (primary N) is 1. The first-order valence-corrected chi connectivity index (χ1v) is 5.09.